The van der Waals surface area contributed by atoms with Gasteiger partial charge in [-0.15, -0.1) is 0 Å². The molecule has 5 nitrogen and oxygen atoms in total. The van der Waals surface area contributed by atoms with Gasteiger partial charge in [-0.1, -0.05) is 12.1 Å². The monoisotopic (exact) mass is 266 g/mol. The highest BCUT2D eigenvalue weighted by Gasteiger charge is 2.17. The fourth-order valence-electron chi connectivity index (χ4n) is 1.51. The van der Waals surface area contributed by atoms with Crippen molar-refractivity contribution >= 4 is 5.97 Å². The summed E-state index contributed by atoms with van der Waals surface area (Å²) >= 11 is 0. The maximum atomic E-state index is 11.6. The molecule has 1 atom stereocenters. The van der Waals surface area contributed by atoms with Crippen LogP contribution in [0.4, 0.5) is 0 Å². The number of hydrogen-bond acceptors (Lipinski definition) is 5. The largest absolute Gasteiger partial charge is 0.492 e. The van der Waals surface area contributed by atoms with E-state index >= 15 is 0 Å². The molecule has 0 saturated carbocycles. The zero-order valence-corrected chi connectivity index (χ0v) is 11.8. The van der Waals surface area contributed by atoms with E-state index in [0.29, 0.717) is 24.5 Å². The molecule has 0 amide bonds. The number of carbonyl (C=O) groups excluding carboxylic acids is 1. The summed E-state index contributed by atoms with van der Waals surface area (Å²) in [5, 5.41) is 0. The van der Waals surface area contributed by atoms with Crippen molar-refractivity contribution in [3.63, 3.8) is 0 Å². The van der Waals surface area contributed by atoms with E-state index in [2.05, 4.69) is 0 Å². The van der Waals surface area contributed by atoms with Crippen molar-refractivity contribution < 1.29 is 14.3 Å². The van der Waals surface area contributed by atoms with Crippen LogP contribution in [-0.4, -0.2) is 44.7 Å². The molecule has 0 aliphatic heterocycles. The third-order valence-corrected chi connectivity index (χ3v) is 2.56. The fraction of sp³-hybridized carbons (Fsp3) is 0.500. The normalized spacial score (nSPS) is 12.3. The van der Waals surface area contributed by atoms with Crippen LogP contribution in [-0.2, 0) is 9.53 Å². The lowest BCUT2D eigenvalue weighted by atomic mass is 10.1. The highest BCUT2D eigenvalue weighted by molar-refractivity contribution is 5.77. The molecule has 0 fully saturated rings. The molecule has 0 aromatic heterocycles. The molecule has 0 spiro atoms. The fourth-order valence-corrected chi connectivity index (χ4v) is 1.51. The van der Waals surface area contributed by atoms with Gasteiger partial charge in [0.1, 0.15) is 18.4 Å². The van der Waals surface area contributed by atoms with Gasteiger partial charge in [0, 0.05) is 6.54 Å². The average molecular weight is 266 g/mol. The summed E-state index contributed by atoms with van der Waals surface area (Å²) in [6.45, 7) is 3.50. The Morgan fingerprint density at radius 3 is 2.79 bits per heavy atom. The number of nitrogens with zero attached hydrogens (tertiary/aromatic N) is 1. The lowest BCUT2D eigenvalue weighted by Gasteiger charge is -2.14. The summed E-state index contributed by atoms with van der Waals surface area (Å²) in [5.41, 5.74) is 6.53. The second kappa shape index (κ2) is 7.76. The van der Waals surface area contributed by atoms with E-state index in [4.69, 9.17) is 15.2 Å². The SMILES string of the molecule is CCOC(=O)C(N)c1cccc(OCCN(C)C)c1. The van der Waals surface area contributed by atoms with Gasteiger partial charge in [-0.3, -0.25) is 0 Å². The minimum Gasteiger partial charge on any atom is -0.492 e. The Morgan fingerprint density at radius 2 is 2.16 bits per heavy atom. The van der Waals surface area contributed by atoms with E-state index in [1.165, 1.54) is 0 Å². The molecule has 1 rings (SSSR count). The third-order valence-electron chi connectivity index (χ3n) is 2.56. The first-order chi connectivity index (χ1) is 9.04. The minimum atomic E-state index is -0.766. The molecule has 19 heavy (non-hydrogen) atoms. The first-order valence-corrected chi connectivity index (χ1v) is 6.34. The molecule has 0 aliphatic carbocycles. The van der Waals surface area contributed by atoms with E-state index in [1.807, 2.05) is 31.1 Å². The van der Waals surface area contributed by atoms with Crippen molar-refractivity contribution in [3.05, 3.63) is 29.8 Å². The summed E-state index contributed by atoms with van der Waals surface area (Å²) in [4.78, 5) is 13.6. The molecular formula is C14H22N2O3. The predicted octanol–water partition coefficient (Wildman–Crippen LogP) is 1.19. The second-order valence-corrected chi connectivity index (χ2v) is 4.45. The lowest BCUT2D eigenvalue weighted by molar-refractivity contribution is -0.144. The summed E-state index contributed by atoms with van der Waals surface area (Å²) in [6, 6.07) is 6.46. The molecule has 0 saturated heterocycles. The number of likely N-dealkylation sites (N-methyl/N-ethyl adjacent to an activating group) is 1. The van der Waals surface area contributed by atoms with Crippen LogP contribution in [0.1, 0.15) is 18.5 Å². The van der Waals surface area contributed by atoms with Crippen LogP contribution in [0, 0.1) is 0 Å². The van der Waals surface area contributed by atoms with Crippen LogP contribution >= 0.6 is 0 Å². The second-order valence-electron chi connectivity index (χ2n) is 4.45. The predicted molar refractivity (Wildman–Crippen MR) is 74.1 cm³/mol. The lowest BCUT2D eigenvalue weighted by Crippen LogP contribution is -2.24. The van der Waals surface area contributed by atoms with Gasteiger partial charge in [0.05, 0.1) is 6.61 Å². The summed E-state index contributed by atoms with van der Waals surface area (Å²) in [7, 11) is 3.97. The van der Waals surface area contributed by atoms with Crippen molar-refractivity contribution in [2.75, 3.05) is 33.9 Å². The Bertz CT molecular complexity index is 407. The van der Waals surface area contributed by atoms with Crippen LogP contribution in [0.3, 0.4) is 0 Å². The molecule has 1 unspecified atom stereocenters. The first kappa shape index (κ1) is 15.5. The number of ether oxygens (including phenoxy) is 2. The van der Waals surface area contributed by atoms with Gasteiger partial charge in [0.2, 0.25) is 0 Å². The Kier molecular flexibility index (Phi) is 6.32. The highest BCUT2D eigenvalue weighted by atomic mass is 16.5. The highest BCUT2D eigenvalue weighted by Crippen LogP contribution is 2.18. The van der Waals surface area contributed by atoms with Crippen molar-refractivity contribution in [3.8, 4) is 5.75 Å². The number of benzene rings is 1. The standard InChI is InChI=1S/C14H22N2O3/c1-4-18-14(17)13(15)11-6-5-7-12(10-11)19-9-8-16(2)3/h5-7,10,13H,4,8-9,15H2,1-3H3. The molecule has 1 aromatic carbocycles. The Morgan fingerprint density at radius 1 is 1.42 bits per heavy atom. The number of hydrogen-bond donors (Lipinski definition) is 1. The topological polar surface area (TPSA) is 64.8 Å². The van der Waals surface area contributed by atoms with Gasteiger partial charge in [-0.25, -0.2) is 4.79 Å². The summed E-state index contributed by atoms with van der Waals surface area (Å²) in [6.07, 6.45) is 0. The van der Waals surface area contributed by atoms with Crippen molar-refractivity contribution in [1.29, 1.82) is 0 Å². The molecule has 0 aliphatic rings. The van der Waals surface area contributed by atoms with Crippen molar-refractivity contribution in [1.82, 2.24) is 4.90 Å². The molecule has 1 aromatic rings. The molecule has 0 radical (unpaired) electrons. The van der Waals surface area contributed by atoms with Crippen LogP contribution in [0.25, 0.3) is 0 Å². The van der Waals surface area contributed by atoms with Gasteiger partial charge in [0.25, 0.3) is 0 Å². The number of esters is 1. The maximum Gasteiger partial charge on any atom is 0.327 e. The Labute approximate surface area is 114 Å². The zero-order valence-electron chi connectivity index (χ0n) is 11.8. The van der Waals surface area contributed by atoms with Crippen LogP contribution in [0.15, 0.2) is 24.3 Å². The smallest absolute Gasteiger partial charge is 0.327 e. The number of carbonyl (C=O) groups is 1. The summed E-state index contributed by atoms with van der Waals surface area (Å²) in [5.74, 6) is 0.284. The maximum absolute atomic E-state index is 11.6. The first-order valence-electron chi connectivity index (χ1n) is 6.34. The van der Waals surface area contributed by atoms with Crippen LogP contribution in [0.5, 0.6) is 5.75 Å². The molecule has 0 bridgehead atoms. The van der Waals surface area contributed by atoms with E-state index in [-0.39, 0.29) is 0 Å². The van der Waals surface area contributed by atoms with E-state index in [0.717, 1.165) is 6.54 Å². The van der Waals surface area contributed by atoms with Gasteiger partial charge in [-0.05, 0) is 38.7 Å². The van der Waals surface area contributed by atoms with E-state index in [1.54, 1.807) is 19.1 Å². The van der Waals surface area contributed by atoms with Crippen molar-refractivity contribution in [2.45, 2.75) is 13.0 Å². The molecule has 106 valence electrons. The average Bonchev–Trinajstić information content (AvgIpc) is 2.38. The minimum absolute atomic E-state index is 0.325. The van der Waals surface area contributed by atoms with Gasteiger partial charge in [0.15, 0.2) is 0 Å². The molecule has 0 heterocycles. The Balaban J connectivity index is 2.63. The van der Waals surface area contributed by atoms with Gasteiger partial charge >= 0.3 is 5.97 Å². The van der Waals surface area contributed by atoms with E-state index < -0.39 is 12.0 Å². The molecule has 2 N–H and O–H groups in total. The van der Waals surface area contributed by atoms with E-state index in [9.17, 15) is 4.79 Å². The van der Waals surface area contributed by atoms with Crippen molar-refractivity contribution in [2.24, 2.45) is 5.73 Å². The zero-order chi connectivity index (χ0) is 14.3. The summed E-state index contributed by atoms with van der Waals surface area (Å²) < 4.78 is 10.5. The van der Waals surface area contributed by atoms with Crippen LogP contribution in [0.2, 0.25) is 0 Å². The number of rotatable bonds is 7. The molecular weight excluding hydrogens is 244 g/mol. The van der Waals surface area contributed by atoms with Crippen LogP contribution < -0.4 is 10.5 Å². The Hall–Kier alpha value is -1.59. The third kappa shape index (κ3) is 5.28. The number of nitrogens with two attached hydrogens (primary N) is 1. The van der Waals surface area contributed by atoms with Gasteiger partial charge < -0.3 is 20.1 Å². The quantitative estimate of drug-likeness (QED) is 0.751. The molecule has 5 heteroatoms. The van der Waals surface area contributed by atoms with Gasteiger partial charge in [-0.2, -0.15) is 0 Å².